The summed E-state index contributed by atoms with van der Waals surface area (Å²) in [6, 6.07) is 21.5. The molecular weight excluding hydrogens is 366 g/mol. The Morgan fingerprint density at radius 2 is 1.79 bits per heavy atom. The molecule has 0 spiro atoms. The van der Waals surface area contributed by atoms with Crippen molar-refractivity contribution >= 4 is 44.9 Å². The average molecular weight is 387 g/mol. The summed E-state index contributed by atoms with van der Waals surface area (Å²) in [6.07, 6.45) is -0.534. The van der Waals surface area contributed by atoms with Gasteiger partial charge in [0.15, 0.2) is 5.76 Å². The van der Waals surface area contributed by atoms with Gasteiger partial charge in [-0.3, -0.25) is 10.7 Å². The summed E-state index contributed by atoms with van der Waals surface area (Å²) < 4.78 is 11.2. The molecule has 0 saturated carbocycles. The molecule has 4 aromatic rings. The van der Waals surface area contributed by atoms with Gasteiger partial charge < -0.3 is 9.15 Å². The molecule has 6 heteroatoms. The van der Waals surface area contributed by atoms with Crippen LogP contribution < -0.4 is 10.7 Å². The van der Waals surface area contributed by atoms with Crippen molar-refractivity contribution in [3.63, 3.8) is 0 Å². The second kappa shape index (κ2) is 8.06. The monoisotopic (exact) mass is 387 g/mol. The van der Waals surface area contributed by atoms with E-state index in [9.17, 15) is 4.79 Å². The fraction of sp³-hybridized carbons (Fsp3) is 0.130. The van der Waals surface area contributed by atoms with Crippen LogP contribution in [0.25, 0.3) is 21.7 Å². The molecule has 1 aromatic heterocycles. The molecule has 0 aliphatic carbocycles. The van der Waals surface area contributed by atoms with Crippen LogP contribution in [0, 0.1) is 0 Å². The number of fused-ring (bicyclic) bond motifs is 3. The number of ether oxygens (including phenoxy) is 1. The zero-order chi connectivity index (χ0) is 20.2. The van der Waals surface area contributed by atoms with E-state index < -0.39 is 6.09 Å². The number of nitrogens with zero attached hydrogens (tertiary/aromatic N) is 1. The first kappa shape index (κ1) is 18.6. The number of carbonyl (C=O) groups is 1. The van der Waals surface area contributed by atoms with Crippen molar-refractivity contribution in [1.82, 2.24) is 0 Å². The highest BCUT2D eigenvalue weighted by atomic mass is 16.5. The van der Waals surface area contributed by atoms with Crippen LogP contribution in [-0.4, -0.2) is 18.4 Å². The second-order valence-corrected chi connectivity index (χ2v) is 6.49. The van der Waals surface area contributed by atoms with Crippen LogP contribution in [0.15, 0.2) is 76.2 Å². The number of amides is 1. The highest BCUT2D eigenvalue weighted by molar-refractivity contribution is 6.19. The molecule has 3 aromatic carbocycles. The fourth-order valence-corrected chi connectivity index (χ4v) is 3.22. The Morgan fingerprint density at radius 1 is 1.03 bits per heavy atom. The van der Waals surface area contributed by atoms with E-state index in [0.717, 1.165) is 21.8 Å². The lowest BCUT2D eigenvalue weighted by Gasteiger charge is -2.07. The topological polar surface area (TPSA) is 75.9 Å². The number of anilines is 2. The van der Waals surface area contributed by atoms with E-state index in [1.165, 1.54) is 0 Å². The van der Waals surface area contributed by atoms with Gasteiger partial charge in [0.25, 0.3) is 0 Å². The first-order chi connectivity index (χ1) is 14.2. The molecule has 0 bridgehead atoms. The van der Waals surface area contributed by atoms with Crippen LogP contribution in [0.4, 0.5) is 16.2 Å². The SMILES string of the molecule is CCOC(=O)Nc1c(/C(C)=N/Nc2ccccc2)oc2ccc3ccccc3c12. The molecular formula is C23H21N3O3. The summed E-state index contributed by atoms with van der Waals surface area (Å²) in [7, 11) is 0. The summed E-state index contributed by atoms with van der Waals surface area (Å²) in [5.74, 6) is 0.479. The molecule has 6 nitrogen and oxygen atoms in total. The molecule has 146 valence electrons. The van der Waals surface area contributed by atoms with Gasteiger partial charge in [0.2, 0.25) is 0 Å². The van der Waals surface area contributed by atoms with Crippen molar-refractivity contribution in [3.8, 4) is 0 Å². The molecule has 2 N–H and O–H groups in total. The average Bonchev–Trinajstić information content (AvgIpc) is 3.12. The predicted octanol–water partition coefficient (Wildman–Crippen LogP) is 5.99. The summed E-state index contributed by atoms with van der Waals surface area (Å²) >= 11 is 0. The molecule has 0 fully saturated rings. The highest BCUT2D eigenvalue weighted by Crippen LogP contribution is 2.37. The van der Waals surface area contributed by atoms with E-state index in [-0.39, 0.29) is 6.61 Å². The van der Waals surface area contributed by atoms with Gasteiger partial charge in [-0.05, 0) is 42.8 Å². The van der Waals surface area contributed by atoms with Crippen molar-refractivity contribution in [1.29, 1.82) is 0 Å². The van der Waals surface area contributed by atoms with Crippen LogP contribution in [0.2, 0.25) is 0 Å². The smallest absolute Gasteiger partial charge is 0.411 e. The highest BCUT2D eigenvalue weighted by Gasteiger charge is 2.21. The standard InChI is InChI=1S/C23H21N3O3/c1-3-28-23(27)24-21-20-18-12-8-7-9-16(18)13-14-19(20)29-22(21)15(2)25-26-17-10-5-4-6-11-17/h4-14,26H,3H2,1-2H3,(H,24,27)/b25-15+. The second-order valence-electron chi connectivity index (χ2n) is 6.49. The third-order valence-corrected chi connectivity index (χ3v) is 4.54. The van der Waals surface area contributed by atoms with E-state index in [0.29, 0.717) is 22.7 Å². The number of carbonyl (C=O) groups excluding carboxylic acids is 1. The van der Waals surface area contributed by atoms with Gasteiger partial charge in [0, 0.05) is 0 Å². The van der Waals surface area contributed by atoms with E-state index in [1.807, 2.05) is 73.7 Å². The maximum atomic E-state index is 12.2. The third kappa shape index (κ3) is 3.78. The number of furan rings is 1. The molecule has 0 unspecified atom stereocenters. The van der Waals surface area contributed by atoms with Crippen molar-refractivity contribution < 1.29 is 13.9 Å². The Kier molecular flexibility index (Phi) is 5.16. The predicted molar refractivity (Wildman–Crippen MR) is 117 cm³/mol. The Balaban J connectivity index is 1.83. The third-order valence-electron chi connectivity index (χ3n) is 4.54. The van der Waals surface area contributed by atoms with Gasteiger partial charge in [-0.15, -0.1) is 0 Å². The summed E-state index contributed by atoms with van der Waals surface area (Å²) in [5, 5.41) is 10.1. The van der Waals surface area contributed by atoms with Gasteiger partial charge in [0.1, 0.15) is 17.0 Å². The lowest BCUT2D eigenvalue weighted by molar-refractivity contribution is 0.168. The zero-order valence-electron chi connectivity index (χ0n) is 16.2. The van der Waals surface area contributed by atoms with Crippen LogP contribution in [0.3, 0.4) is 0 Å². The van der Waals surface area contributed by atoms with Crippen LogP contribution in [0.5, 0.6) is 0 Å². The number of hydrogen-bond donors (Lipinski definition) is 2. The van der Waals surface area contributed by atoms with Gasteiger partial charge in [-0.1, -0.05) is 48.5 Å². The van der Waals surface area contributed by atoms with Crippen molar-refractivity contribution in [2.45, 2.75) is 13.8 Å². The van der Waals surface area contributed by atoms with Crippen LogP contribution >= 0.6 is 0 Å². The molecule has 1 heterocycles. The first-order valence-electron chi connectivity index (χ1n) is 9.41. The molecule has 29 heavy (non-hydrogen) atoms. The van der Waals surface area contributed by atoms with Crippen molar-refractivity contribution in [3.05, 3.63) is 72.5 Å². The molecule has 0 radical (unpaired) electrons. The number of rotatable bonds is 5. The number of hydrazone groups is 1. The van der Waals surface area contributed by atoms with E-state index in [2.05, 4.69) is 15.8 Å². The van der Waals surface area contributed by atoms with Crippen molar-refractivity contribution in [2.75, 3.05) is 17.3 Å². The molecule has 0 aliphatic rings. The largest absolute Gasteiger partial charge is 0.452 e. The molecule has 4 rings (SSSR count). The Hall–Kier alpha value is -3.80. The number of para-hydroxylation sites is 1. The number of hydrogen-bond acceptors (Lipinski definition) is 5. The lowest BCUT2D eigenvalue weighted by atomic mass is 10.0. The maximum absolute atomic E-state index is 12.2. The first-order valence-corrected chi connectivity index (χ1v) is 9.41. The van der Waals surface area contributed by atoms with Crippen molar-refractivity contribution in [2.24, 2.45) is 5.10 Å². The Bertz CT molecular complexity index is 1200. The maximum Gasteiger partial charge on any atom is 0.411 e. The Labute approximate surface area is 168 Å². The fourth-order valence-electron chi connectivity index (χ4n) is 3.22. The molecule has 0 atom stereocenters. The lowest BCUT2D eigenvalue weighted by Crippen LogP contribution is -2.15. The molecule has 0 aliphatic heterocycles. The summed E-state index contributed by atoms with van der Waals surface area (Å²) in [5.41, 5.74) is 5.68. The minimum atomic E-state index is -0.534. The van der Waals surface area contributed by atoms with Gasteiger partial charge in [-0.2, -0.15) is 5.10 Å². The van der Waals surface area contributed by atoms with Crippen LogP contribution in [0.1, 0.15) is 19.6 Å². The quantitative estimate of drug-likeness (QED) is 0.326. The van der Waals surface area contributed by atoms with E-state index in [4.69, 9.17) is 9.15 Å². The van der Waals surface area contributed by atoms with Gasteiger partial charge in [0.05, 0.1) is 17.7 Å². The number of benzene rings is 3. The normalized spacial score (nSPS) is 11.6. The minimum absolute atomic E-state index is 0.278. The zero-order valence-corrected chi connectivity index (χ0v) is 16.2. The summed E-state index contributed by atoms with van der Waals surface area (Å²) in [4.78, 5) is 12.2. The molecule has 0 saturated heterocycles. The minimum Gasteiger partial charge on any atom is -0.452 e. The van der Waals surface area contributed by atoms with Crippen LogP contribution in [-0.2, 0) is 4.74 Å². The van der Waals surface area contributed by atoms with Gasteiger partial charge in [-0.25, -0.2) is 4.79 Å². The van der Waals surface area contributed by atoms with E-state index >= 15 is 0 Å². The van der Waals surface area contributed by atoms with Gasteiger partial charge >= 0.3 is 6.09 Å². The number of nitrogens with one attached hydrogen (secondary N) is 2. The summed E-state index contributed by atoms with van der Waals surface area (Å²) in [6.45, 7) is 3.87. The Morgan fingerprint density at radius 3 is 2.59 bits per heavy atom. The molecule has 1 amide bonds. The van der Waals surface area contributed by atoms with E-state index in [1.54, 1.807) is 6.92 Å².